The van der Waals surface area contributed by atoms with Crippen LogP contribution in [0.2, 0.25) is 0 Å². The predicted molar refractivity (Wildman–Crippen MR) is 119 cm³/mol. The Labute approximate surface area is 186 Å². The number of imidazole rings is 1. The molecule has 3 N–H and O–H groups in total. The number of β-amino-alcohol motifs (C(OH)–C–C–N with tert-alkyl or cyclic N) is 1. The number of nitrogens with zero attached hydrogens (tertiary/aromatic N) is 2. The van der Waals surface area contributed by atoms with E-state index >= 15 is 0 Å². The van der Waals surface area contributed by atoms with Crippen molar-refractivity contribution in [3.05, 3.63) is 72.6 Å². The summed E-state index contributed by atoms with van der Waals surface area (Å²) < 4.78 is 5.57. The van der Waals surface area contributed by atoms with Crippen LogP contribution in [0.25, 0.3) is 11.4 Å². The van der Waals surface area contributed by atoms with Crippen molar-refractivity contribution < 1.29 is 19.4 Å². The van der Waals surface area contributed by atoms with Crippen molar-refractivity contribution in [2.45, 2.75) is 25.0 Å². The normalized spacial score (nSPS) is 18.2. The van der Waals surface area contributed by atoms with Crippen molar-refractivity contribution in [3.8, 4) is 17.1 Å². The lowest BCUT2D eigenvalue weighted by molar-refractivity contribution is -0.122. The average molecular weight is 434 g/mol. The molecule has 2 atom stereocenters. The van der Waals surface area contributed by atoms with Gasteiger partial charge in [0.25, 0.3) is 5.91 Å². The highest BCUT2D eigenvalue weighted by atomic mass is 16.5. The van der Waals surface area contributed by atoms with Crippen LogP contribution in [0, 0.1) is 0 Å². The van der Waals surface area contributed by atoms with E-state index in [0.29, 0.717) is 35.7 Å². The number of aromatic nitrogens is 2. The number of carbonyl (C=O) groups excluding carboxylic acids is 2. The van der Waals surface area contributed by atoms with Gasteiger partial charge in [0.1, 0.15) is 11.6 Å². The Bertz CT molecular complexity index is 1040. The van der Waals surface area contributed by atoms with Gasteiger partial charge in [-0.15, -0.1) is 0 Å². The molecule has 0 radical (unpaired) electrons. The van der Waals surface area contributed by atoms with Gasteiger partial charge in [0.2, 0.25) is 5.91 Å². The zero-order valence-corrected chi connectivity index (χ0v) is 17.6. The first-order valence-electron chi connectivity index (χ1n) is 10.6. The lowest BCUT2D eigenvalue weighted by Crippen LogP contribution is -2.54. The zero-order valence-electron chi connectivity index (χ0n) is 17.6. The van der Waals surface area contributed by atoms with E-state index in [2.05, 4.69) is 15.3 Å². The first-order valence-corrected chi connectivity index (χ1v) is 10.6. The van der Waals surface area contributed by atoms with Crippen molar-refractivity contribution in [2.75, 3.05) is 19.7 Å². The van der Waals surface area contributed by atoms with Gasteiger partial charge in [-0.2, -0.15) is 0 Å². The van der Waals surface area contributed by atoms with E-state index in [1.807, 2.05) is 42.5 Å². The van der Waals surface area contributed by atoms with Crippen LogP contribution in [0.1, 0.15) is 23.2 Å². The van der Waals surface area contributed by atoms with Crippen LogP contribution in [0.4, 0.5) is 0 Å². The fourth-order valence-corrected chi connectivity index (χ4v) is 3.88. The molecule has 1 aliphatic heterocycles. The van der Waals surface area contributed by atoms with Crippen LogP contribution in [-0.2, 0) is 4.79 Å². The largest absolute Gasteiger partial charge is 0.493 e. The number of aliphatic hydroxyl groups excluding tert-OH is 1. The van der Waals surface area contributed by atoms with Gasteiger partial charge in [0.15, 0.2) is 0 Å². The number of hydrogen-bond donors (Lipinski definition) is 3. The topological polar surface area (TPSA) is 108 Å². The Hall–Kier alpha value is -3.65. The molecule has 0 aliphatic carbocycles. The van der Waals surface area contributed by atoms with E-state index in [0.717, 1.165) is 0 Å². The summed E-state index contributed by atoms with van der Waals surface area (Å²) in [6, 6.07) is 16.2. The monoisotopic (exact) mass is 434 g/mol. The van der Waals surface area contributed by atoms with Crippen LogP contribution < -0.4 is 10.1 Å². The molecule has 166 valence electrons. The molecule has 0 unspecified atom stereocenters. The molecule has 1 fully saturated rings. The molecule has 1 aromatic heterocycles. The molecule has 4 rings (SSSR count). The SMILES string of the molecule is O=C(CCOc1ccccc1)N[C@H]1C[C@@H](O)CN(C(=O)c2ccccc2-c2ncc[nH]2)C1. The average Bonchev–Trinajstić information content (AvgIpc) is 3.34. The molecule has 8 heteroatoms. The second-order valence-corrected chi connectivity index (χ2v) is 7.76. The lowest BCUT2D eigenvalue weighted by atomic mass is 10.00. The molecule has 0 saturated carbocycles. The maximum atomic E-state index is 13.3. The van der Waals surface area contributed by atoms with Crippen molar-refractivity contribution in [1.29, 1.82) is 0 Å². The number of para-hydroxylation sites is 1. The number of piperidine rings is 1. The van der Waals surface area contributed by atoms with Crippen LogP contribution in [-0.4, -0.2) is 63.6 Å². The highest BCUT2D eigenvalue weighted by molar-refractivity contribution is 6.00. The minimum Gasteiger partial charge on any atom is -0.493 e. The summed E-state index contributed by atoms with van der Waals surface area (Å²) in [4.78, 5) is 34.5. The molecule has 0 spiro atoms. The van der Waals surface area contributed by atoms with Gasteiger partial charge >= 0.3 is 0 Å². The highest BCUT2D eigenvalue weighted by Gasteiger charge is 2.31. The molecule has 2 amide bonds. The Morgan fingerprint density at radius 3 is 2.69 bits per heavy atom. The standard InChI is InChI=1S/C24H26N4O4/c29-18-14-17(27-22(30)10-13-32-19-6-2-1-3-7-19)15-28(16-18)24(31)21-9-5-4-8-20(21)23-25-11-12-26-23/h1-9,11-12,17-18,29H,10,13-16H2,(H,25,26)(H,27,30)/t17-,18+/m0/s1. The molecule has 2 heterocycles. The molecule has 2 aromatic carbocycles. The first kappa shape index (κ1) is 21.6. The van der Waals surface area contributed by atoms with Gasteiger partial charge in [0.05, 0.1) is 24.7 Å². The van der Waals surface area contributed by atoms with E-state index in [1.54, 1.807) is 29.4 Å². The summed E-state index contributed by atoms with van der Waals surface area (Å²) in [5.74, 6) is 0.931. The minimum absolute atomic E-state index is 0.177. The Kier molecular flexibility index (Phi) is 6.81. The van der Waals surface area contributed by atoms with Crippen LogP contribution in [0.3, 0.4) is 0 Å². The molecular weight excluding hydrogens is 408 g/mol. The summed E-state index contributed by atoms with van der Waals surface area (Å²) in [7, 11) is 0. The van der Waals surface area contributed by atoms with Crippen LogP contribution in [0.15, 0.2) is 67.0 Å². The Morgan fingerprint density at radius 1 is 1.12 bits per heavy atom. The highest BCUT2D eigenvalue weighted by Crippen LogP contribution is 2.23. The molecule has 8 nitrogen and oxygen atoms in total. The number of likely N-dealkylation sites (tertiary alicyclic amines) is 1. The second-order valence-electron chi connectivity index (χ2n) is 7.76. The van der Waals surface area contributed by atoms with Gasteiger partial charge < -0.3 is 25.0 Å². The number of amides is 2. The number of hydrogen-bond acceptors (Lipinski definition) is 5. The molecule has 0 bridgehead atoms. The molecule has 1 saturated heterocycles. The number of aliphatic hydroxyl groups is 1. The van der Waals surface area contributed by atoms with Gasteiger partial charge in [-0.1, -0.05) is 36.4 Å². The van der Waals surface area contributed by atoms with Crippen molar-refractivity contribution >= 4 is 11.8 Å². The zero-order chi connectivity index (χ0) is 22.3. The Morgan fingerprint density at radius 2 is 1.91 bits per heavy atom. The molecule has 32 heavy (non-hydrogen) atoms. The molecular formula is C24H26N4O4. The summed E-state index contributed by atoms with van der Waals surface area (Å²) in [5, 5.41) is 13.3. The van der Waals surface area contributed by atoms with Gasteiger partial charge in [-0.25, -0.2) is 4.98 Å². The Balaban J connectivity index is 1.36. The van der Waals surface area contributed by atoms with Crippen molar-refractivity contribution in [2.24, 2.45) is 0 Å². The predicted octanol–water partition coefficient (Wildman–Crippen LogP) is 2.24. The van der Waals surface area contributed by atoms with E-state index in [4.69, 9.17) is 4.74 Å². The summed E-state index contributed by atoms with van der Waals surface area (Å²) in [6.45, 7) is 0.798. The summed E-state index contributed by atoms with van der Waals surface area (Å²) in [6.07, 6.45) is 3.21. The number of carbonyl (C=O) groups is 2. The van der Waals surface area contributed by atoms with E-state index < -0.39 is 6.10 Å². The third-order valence-corrected chi connectivity index (χ3v) is 5.33. The van der Waals surface area contributed by atoms with Crippen LogP contribution in [0.5, 0.6) is 5.75 Å². The number of nitrogens with one attached hydrogen (secondary N) is 2. The number of rotatable bonds is 7. The van der Waals surface area contributed by atoms with Crippen molar-refractivity contribution in [1.82, 2.24) is 20.2 Å². The number of aromatic amines is 1. The van der Waals surface area contributed by atoms with Crippen LogP contribution >= 0.6 is 0 Å². The van der Waals surface area contributed by atoms with E-state index in [1.165, 1.54) is 0 Å². The molecule has 3 aromatic rings. The number of H-pyrrole nitrogens is 1. The number of benzene rings is 2. The third-order valence-electron chi connectivity index (χ3n) is 5.33. The lowest BCUT2D eigenvalue weighted by Gasteiger charge is -2.36. The first-order chi connectivity index (χ1) is 15.6. The van der Waals surface area contributed by atoms with Gasteiger partial charge in [-0.3, -0.25) is 9.59 Å². The minimum atomic E-state index is -0.714. The second kappa shape index (κ2) is 10.1. The smallest absolute Gasteiger partial charge is 0.254 e. The van der Waals surface area contributed by atoms with Gasteiger partial charge in [0, 0.05) is 37.1 Å². The van der Waals surface area contributed by atoms with E-state index in [9.17, 15) is 14.7 Å². The van der Waals surface area contributed by atoms with Gasteiger partial charge in [-0.05, 0) is 24.6 Å². The quantitative estimate of drug-likeness (QED) is 0.529. The maximum Gasteiger partial charge on any atom is 0.254 e. The summed E-state index contributed by atoms with van der Waals surface area (Å²) >= 11 is 0. The summed E-state index contributed by atoms with van der Waals surface area (Å²) in [5.41, 5.74) is 1.19. The molecule has 1 aliphatic rings. The third kappa shape index (κ3) is 5.33. The van der Waals surface area contributed by atoms with Crippen molar-refractivity contribution in [3.63, 3.8) is 0 Å². The fourth-order valence-electron chi connectivity index (χ4n) is 3.88. The number of ether oxygens (including phenoxy) is 1. The fraction of sp³-hybridized carbons (Fsp3) is 0.292. The maximum absolute atomic E-state index is 13.3. The van der Waals surface area contributed by atoms with E-state index in [-0.39, 0.29) is 37.4 Å².